The van der Waals surface area contributed by atoms with E-state index in [0.29, 0.717) is 19.0 Å². The van der Waals surface area contributed by atoms with Crippen LogP contribution in [-0.2, 0) is 6.42 Å². The molecule has 106 valence electrons. The number of aryl methyl sites for hydroxylation is 1. The van der Waals surface area contributed by atoms with Gasteiger partial charge in [0.15, 0.2) is 0 Å². The van der Waals surface area contributed by atoms with Crippen molar-refractivity contribution in [2.75, 3.05) is 13.1 Å². The first-order chi connectivity index (χ1) is 9.72. The molecule has 1 aliphatic heterocycles. The molecule has 1 saturated heterocycles. The fraction of sp³-hybridized carbons (Fsp3) is 0.467. The minimum atomic E-state index is -0.798. The van der Waals surface area contributed by atoms with E-state index in [1.54, 1.807) is 6.20 Å². The lowest BCUT2D eigenvalue weighted by molar-refractivity contribution is 0.123. The number of hydrogen-bond acceptors (Lipinski definition) is 3. The number of rotatable bonds is 3. The van der Waals surface area contributed by atoms with Gasteiger partial charge in [0.05, 0.1) is 0 Å². The minimum Gasteiger partial charge on any atom is -0.465 e. The van der Waals surface area contributed by atoms with Crippen LogP contribution in [0.1, 0.15) is 25.0 Å². The van der Waals surface area contributed by atoms with Crippen LogP contribution in [-0.4, -0.2) is 34.2 Å². The Hall–Kier alpha value is -2.04. The predicted molar refractivity (Wildman–Crippen MR) is 74.7 cm³/mol. The zero-order chi connectivity index (χ0) is 13.9. The third-order valence-corrected chi connectivity index (χ3v) is 4.05. The summed E-state index contributed by atoms with van der Waals surface area (Å²) in [5, 5.41) is 9.96. The Morgan fingerprint density at radius 1 is 1.45 bits per heavy atom. The quantitative estimate of drug-likeness (QED) is 0.933. The van der Waals surface area contributed by atoms with Gasteiger partial charge in [0.2, 0.25) is 0 Å². The van der Waals surface area contributed by atoms with Crippen molar-refractivity contribution in [2.24, 2.45) is 5.92 Å². The number of hydrogen-bond donors (Lipinski definition) is 1. The summed E-state index contributed by atoms with van der Waals surface area (Å²) in [5.74, 6) is 1.59. The Kier molecular flexibility index (Phi) is 3.58. The maximum absolute atomic E-state index is 10.8. The van der Waals surface area contributed by atoms with Gasteiger partial charge in [-0.1, -0.05) is 0 Å². The standard InChI is InChI=1S/C15H18N2O3/c18-15(19)17-7-4-11(5-8-17)1-2-13-9-12-10-16-6-3-14(12)20-13/h3,6,9-11H,1-2,4-5,7-8H2,(H,18,19). The molecule has 1 fully saturated rings. The number of aromatic nitrogens is 1. The molecule has 1 amide bonds. The van der Waals surface area contributed by atoms with Gasteiger partial charge in [-0.25, -0.2) is 4.79 Å². The molecule has 0 saturated carbocycles. The normalized spacial score (nSPS) is 16.7. The Morgan fingerprint density at radius 2 is 2.25 bits per heavy atom. The predicted octanol–water partition coefficient (Wildman–Crippen LogP) is 3.15. The van der Waals surface area contributed by atoms with Crippen molar-refractivity contribution < 1.29 is 14.3 Å². The monoisotopic (exact) mass is 274 g/mol. The third kappa shape index (κ3) is 2.76. The topological polar surface area (TPSA) is 66.6 Å². The molecule has 0 aromatic carbocycles. The van der Waals surface area contributed by atoms with E-state index >= 15 is 0 Å². The minimum absolute atomic E-state index is 0.594. The van der Waals surface area contributed by atoms with Crippen LogP contribution >= 0.6 is 0 Å². The van der Waals surface area contributed by atoms with Gasteiger partial charge in [-0.3, -0.25) is 4.98 Å². The van der Waals surface area contributed by atoms with Gasteiger partial charge in [-0.05, 0) is 37.3 Å². The Morgan fingerprint density at radius 3 is 2.95 bits per heavy atom. The van der Waals surface area contributed by atoms with Crippen LogP contribution < -0.4 is 0 Å². The second-order valence-electron chi connectivity index (χ2n) is 5.38. The molecular weight excluding hydrogens is 256 g/mol. The molecule has 1 aliphatic rings. The first-order valence-corrected chi connectivity index (χ1v) is 7.02. The van der Waals surface area contributed by atoms with E-state index in [1.165, 1.54) is 4.90 Å². The number of piperidine rings is 1. The molecule has 2 aromatic heterocycles. The highest BCUT2D eigenvalue weighted by Crippen LogP contribution is 2.25. The number of carboxylic acid groups (broad SMARTS) is 1. The summed E-state index contributed by atoms with van der Waals surface area (Å²) in [6.45, 7) is 1.31. The SMILES string of the molecule is O=C(O)N1CCC(CCc2cc3cnccc3o2)CC1. The maximum atomic E-state index is 10.8. The van der Waals surface area contributed by atoms with Crippen LogP contribution in [0.2, 0.25) is 0 Å². The molecule has 1 N–H and O–H groups in total. The first-order valence-electron chi connectivity index (χ1n) is 7.02. The van der Waals surface area contributed by atoms with Crippen LogP contribution in [0, 0.1) is 5.92 Å². The summed E-state index contributed by atoms with van der Waals surface area (Å²) in [6.07, 6.45) is 6.62. The number of nitrogens with zero attached hydrogens (tertiary/aromatic N) is 2. The smallest absolute Gasteiger partial charge is 0.407 e. The van der Waals surface area contributed by atoms with E-state index in [-0.39, 0.29) is 0 Å². The summed E-state index contributed by atoms with van der Waals surface area (Å²) >= 11 is 0. The molecule has 0 unspecified atom stereocenters. The van der Waals surface area contributed by atoms with Gasteiger partial charge in [0, 0.05) is 37.3 Å². The summed E-state index contributed by atoms with van der Waals surface area (Å²) in [5.41, 5.74) is 0.885. The fourth-order valence-corrected chi connectivity index (χ4v) is 2.82. The summed E-state index contributed by atoms with van der Waals surface area (Å²) < 4.78 is 5.77. The van der Waals surface area contributed by atoms with Crippen molar-refractivity contribution in [1.29, 1.82) is 0 Å². The van der Waals surface area contributed by atoms with Crippen LogP contribution in [0.15, 0.2) is 28.9 Å². The average molecular weight is 274 g/mol. The second-order valence-corrected chi connectivity index (χ2v) is 5.38. The van der Waals surface area contributed by atoms with Crippen LogP contribution in [0.5, 0.6) is 0 Å². The molecule has 0 bridgehead atoms. The zero-order valence-corrected chi connectivity index (χ0v) is 11.3. The largest absolute Gasteiger partial charge is 0.465 e. The third-order valence-electron chi connectivity index (χ3n) is 4.05. The molecule has 3 rings (SSSR count). The summed E-state index contributed by atoms with van der Waals surface area (Å²) in [7, 11) is 0. The highest BCUT2D eigenvalue weighted by Gasteiger charge is 2.22. The van der Waals surface area contributed by atoms with E-state index < -0.39 is 6.09 Å². The highest BCUT2D eigenvalue weighted by molar-refractivity contribution is 5.76. The van der Waals surface area contributed by atoms with Gasteiger partial charge in [-0.15, -0.1) is 0 Å². The molecule has 20 heavy (non-hydrogen) atoms. The molecule has 5 nitrogen and oxygen atoms in total. The van der Waals surface area contributed by atoms with Crippen molar-refractivity contribution in [3.63, 3.8) is 0 Å². The number of fused-ring (bicyclic) bond motifs is 1. The van der Waals surface area contributed by atoms with Gasteiger partial charge in [-0.2, -0.15) is 0 Å². The Bertz CT molecular complexity index is 567. The molecule has 0 spiro atoms. The highest BCUT2D eigenvalue weighted by atomic mass is 16.4. The van der Waals surface area contributed by atoms with E-state index in [4.69, 9.17) is 9.52 Å². The van der Waals surface area contributed by atoms with Crippen molar-refractivity contribution in [2.45, 2.75) is 25.7 Å². The summed E-state index contributed by atoms with van der Waals surface area (Å²) in [6, 6.07) is 3.93. The van der Waals surface area contributed by atoms with Gasteiger partial charge in [0.25, 0.3) is 0 Å². The summed E-state index contributed by atoms with van der Waals surface area (Å²) in [4.78, 5) is 16.4. The average Bonchev–Trinajstić information content (AvgIpc) is 2.88. The molecule has 5 heteroatoms. The van der Waals surface area contributed by atoms with Crippen molar-refractivity contribution >= 4 is 17.1 Å². The molecule has 3 heterocycles. The van der Waals surface area contributed by atoms with Crippen LogP contribution in [0.3, 0.4) is 0 Å². The van der Waals surface area contributed by atoms with Gasteiger partial charge in [0.1, 0.15) is 11.3 Å². The van der Waals surface area contributed by atoms with Gasteiger partial charge < -0.3 is 14.4 Å². The lowest BCUT2D eigenvalue weighted by Gasteiger charge is -2.29. The van der Waals surface area contributed by atoms with Crippen molar-refractivity contribution in [3.05, 3.63) is 30.3 Å². The van der Waals surface area contributed by atoms with Crippen LogP contribution in [0.4, 0.5) is 4.79 Å². The second kappa shape index (κ2) is 5.53. The lowest BCUT2D eigenvalue weighted by atomic mass is 9.92. The molecule has 0 radical (unpaired) electrons. The van der Waals surface area contributed by atoms with Gasteiger partial charge >= 0.3 is 6.09 Å². The maximum Gasteiger partial charge on any atom is 0.407 e. The zero-order valence-electron chi connectivity index (χ0n) is 11.3. The molecule has 0 aliphatic carbocycles. The Labute approximate surface area is 117 Å². The number of amides is 1. The van der Waals surface area contributed by atoms with E-state index in [1.807, 2.05) is 12.3 Å². The molecule has 0 atom stereocenters. The van der Waals surface area contributed by atoms with Crippen molar-refractivity contribution in [3.8, 4) is 0 Å². The Balaban J connectivity index is 1.54. The van der Waals surface area contributed by atoms with E-state index in [9.17, 15) is 4.79 Å². The number of carbonyl (C=O) groups is 1. The number of pyridine rings is 1. The van der Waals surface area contributed by atoms with Crippen molar-refractivity contribution in [1.82, 2.24) is 9.88 Å². The van der Waals surface area contributed by atoms with E-state index in [2.05, 4.69) is 11.1 Å². The van der Waals surface area contributed by atoms with E-state index in [0.717, 1.165) is 42.4 Å². The molecule has 2 aromatic rings. The lowest BCUT2D eigenvalue weighted by Crippen LogP contribution is -2.37. The fourth-order valence-electron chi connectivity index (χ4n) is 2.82. The van der Waals surface area contributed by atoms with Crippen LogP contribution in [0.25, 0.3) is 11.0 Å². The molecular formula is C15H18N2O3. The first kappa shape index (κ1) is 13.0. The number of likely N-dealkylation sites (tertiary alicyclic amines) is 1. The number of furan rings is 1.